The molecule has 1 aliphatic heterocycles. The summed E-state index contributed by atoms with van der Waals surface area (Å²) < 4.78 is 0. The number of nitrogens with zero attached hydrogens (tertiary/aromatic N) is 3. The van der Waals surface area contributed by atoms with Gasteiger partial charge in [-0.1, -0.05) is 29.8 Å². The number of aromatic nitrogens is 1. The Kier molecular flexibility index (Phi) is 7.28. The maximum absolute atomic E-state index is 5.96. The minimum atomic E-state index is 0.820. The predicted octanol–water partition coefficient (Wildman–Crippen LogP) is 3.92. The molecule has 2 heterocycles. The molecule has 1 aliphatic rings. The third-order valence-electron chi connectivity index (χ3n) is 4.94. The Bertz CT molecular complexity index is 605. The van der Waals surface area contributed by atoms with Crippen molar-refractivity contribution in [2.75, 3.05) is 39.3 Å². The van der Waals surface area contributed by atoms with Crippen LogP contribution in [0.4, 0.5) is 0 Å². The fraction of sp³-hybridized carbons (Fsp3) is 0.476. The molecule has 4 heteroatoms. The molecule has 0 unspecified atom stereocenters. The first-order valence-electron chi connectivity index (χ1n) is 9.39. The van der Waals surface area contributed by atoms with E-state index in [1.54, 1.807) is 0 Å². The second-order valence-corrected chi connectivity index (χ2v) is 7.27. The van der Waals surface area contributed by atoms with E-state index in [1.807, 2.05) is 24.4 Å². The van der Waals surface area contributed by atoms with Gasteiger partial charge >= 0.3 is 0 Å². The lowest BCUT2D eigenvalue weighted by molar-refractivity contribution is 0.184. The molecule has 0 atom stereocenters. The number of benzene rings is 1. The van der Waals surface area contributed by atoms with Crippen LogP contribution in [0.15, 0.2) is 48.7 Å². The van der Waals surface area contributed by atoms with Crippen LogP contribution in [-0.2, 0) is 12.8 Å². The molecule has 0 N–H and O–H groups in total. The van der Waals surface area contributed by atoms with Crippen LogP contribution in [0, 0.1) is 0 Å². The number of halogens is 1. The van der Waals surface area contributed by atoms with Gasteiger partial charge in [0.1, 0.15) is 0 Å². The van der Waals surface area contributed by atoms with E-state index in [9.17, 15) is 0 Å². The zero-order chi connectivity index (χ0) is 17.3. The van der Waals surface area contributed by atoms with Crippen LogP contribution in [0.3, 0.4) is 0 Å². The molecule has 3 rings (SSSR count). The van der Waals surface area contributed by atoms with E-state index >= 15 is 0 Å². The number of hydrogen-bond donors (Lipinski definition) is 0. The van der Waals surface area contributed by atoms with E-state index in [0.29, 0.717) is 0 Å². The maximum Gasteiger partial charge on any atom is 0.0416 e. The molecule has 0 bridgehead atoms. The summed E-state index contributed by atoms with van der Waals surface area (Å²) in [5, 5.41) is 0.820. The van der Waals surface area contributed by atoms with Gasteiger partial charge in [0.05, 0.1) is 0 Å². The van der Waals surface area contributed by atoms with E-state index < -0.39 is 0 Å². The van der Waals surface area contributed by atoms with Gasteiger partial charge < -0.3 is 9.80 Å². The Labute approximate surface area is 156 Å². The number of pyridine rings is 1. The summed E-state index contributed by atoms with van der Waals surface area (Å²) in [7, 11) is 0. The van der Waals surface area contributed by atoms with Gasteiger partial charge in [-0.2, -0.15) is 0 Å². The summed E-state index contributed by atoms with van der Waals surface area (Å²) in [6, 6.07) is 14.5. The first kappa shape index (κ1) is 18.4. The first-order valence-corrected chi connectivity index (χ1v) is 9.76. The fourth-order valence-corrected chi connectivity index (χ4v) is 3.59. The Hall–Kier alpha value is -1.42. The molecule has 25 heavy (non-hydrogen) atoms. The lowest BCUT2D eigenvalue weighted by atomic mass is 10.1. The summed E-state index contributed by atoms with van der Waals surface area (Å²) >= 11 is 5.96. The van der Waals surface area contributed by atoms with Crippen molar-refractivity contribution < 1.29 is 0 Å². The average molecular weight is 358 g/mol. The third kappa shape index (κ3) is 6.43. The van der Waals surface area contributed by atoms with Crippen molar-refractivity contribution in [2.24, 2.45) is 0 Å². The normalized spacial score (nSPS) is 17.2. The van der Waals surface area contributed by atoms with Crippen molar-refractivity contribution in [1.29, 1.82) is 0 Å². The monoisotopic (exact) mass is 357 g/mol. The van der Waals surface area contributed by atoms with Crippen LogP contribution < -0.4 is 0 Å². The second kappa shape index (κ2) is 9.91. The van der Waals surface area contributed by atoms with Crippen molar-refractivity contribution >= 4 is 11.6 Å². The summed E-state index contributed by atoms with van der Waals surface area (Å²) in [6.07, 6.45) is 6.56. The Morgan fingerprint density at radius 2 is 1.44 bits per heavy atom. The fourth-order valence-electron chi connectivity index (χ4n) is 3.46. The highest BCUT2D eigenvalue weighted by molar-refractivity contribution is 6.30. The van der Waals surface area contributed by atoms with E-state index in [0.717, 1.165) is 31.0 Å². The molecule has 3 nitrogen and oxygen atoms in total. The van der Waals surface area contributed by atoms with Crippen molar-refractivity contribution in [1.82, 2.24) is 14.8 Å². The molecule has 0 aliphatic carbocycles. The van der Waals surface area contributed by atoms with Crippen LogP contribution in [0.1, 0.15) is 24.1 Å². The largest absolute Gasteiger partial charge is 0.303 e. The van der Waals surface area contributed by atoms with Crippen LogP contribution in [-0.4, -0.2) is 54.1 Å². The quantitative estimate of drug-likeness (QED) is 0.781. The van der Waals surface area contributed by atoms with Crippen molar-refractivity contribution in [3.8, 4) is 0 Å². The van der Waals surface area contributed by atoms with Crippen LogP contribution >= 0.6 is 11.6 Å². The lowest BCUT2D eigenvalue weighted by Gasteiger charge is -2.30. The molecular weight excluding hydrogens is 330 g/mol. The summed E-state index contributed by atoms with van der Waals surface area (Å²) in [6.45, 7) is 7.08. The van der Waals surface area contributed by atoms with Gasteiger partial charge in [0.15, 0.2) is 0 Å². The first-order chi connectivity index (χ1) is 12.3. The molecule has 134 valence electrons. The smallest absolute Gasteiger partial charge is 0.0416 e. The molecule has 0 saturated carbocycles. The van der Waals surface area contributed by atoms with Crippen molar-refractivity contribution in [3.05, 3.63) is 64.9 Å². The van der Waals surface area contributed by atoms with Gasteiger partial charge in [-0.3, -0.25) is 4.98 Å². The topological polar surface area (TPSA) is 19.4 Å². The highest BCUT2D eigenvalue weighted by Crippen LogP contribution is 2.11. The van der Waals surface area contributed by atoms with Crippen molar-refractivity contribution in [2.45, 2.75) is 25.7 Å². The van der Waals surface area contributed by atoms with Crippen LogP contribution in [0.5, 0.6) is 0 Å². The number of hydrogen-bond acceptors (Lipinski definition) is 3. The standard InChI is InChI=1S/C21H28ClN3/c22-20-8-6-19(7-9-20)10-17-24-13-3-15-25(16-4-14-24)18-11-21-5-1-2-12-23-21/h1-2,5-9,12H,3-4,10-11,13-18H2. The molecule has 0 radical (unpaired) electrons. The Morgan fingerprint density at radius 3 is 2.04 bits per heavy atom. The third-order valence-corrected chi connectivity index (χ3v) is 5.19. The zero-order valence-electron chi connectivity index (χ0n) is 14.9. The highest BCUT2D eigenvalue weighted by Gasteiger charge is 2.13. The predicted molar refractivity (Wildman–Crippen MR) is 105 cm³/mol. The molecule has 2 aromatic rings. The summed E-state index contributed by atoms with van der Waals surface area (Å²) in [5.41, 5.74) is 2.58. The minimum absolute atomic E-state index is 0.820. The van der Waals surface area contributed by atoms with E-state index in [1.165, 1.54) is 50.3 Å². The maximum atomic E-state index is 5.96. The second-order valence-electron chi connectivity index (χ2n) is 6.84. The van der Waals surface area contributed by atoms with Crippen molar-refractivity contribution in [3.63, 3.8) is 0 Å². The minimum Gasteiger partial charge on any atom is -0.303 e. The van der Waals surface area contributed by atoms with Gasteiger partial charge in [0.2, 0.25) is 0 Å². The van der Waals surface area contributed by atoms with Gasteiger partial charge in [-0.25, -0.2) is 0 Å². The van der Waals surface area contributed by atoms with Gasteiger partial charge in [-0.05, 0) is 75.3 Å². The lowest BCUT2D eigenvalue weighted by Crippen LogP contribution is -2.38. The van der Waals surface area contributed by atoms with Gasteiger partial charge in [-0.15, -0.1) is 0 Å². The molecule has 1 saturated heterocycles. The summed E-state index contributed by atoms with van der Waals surface area (Å²) in [4.78, 5) is 9.65. The molecule has 0 spiro atoms. The SMILES string of the molecule is Clc1ccc(CCN2CCCN(CCc3ccccn3)CCC2)cc1. The van der Waals surface area contributed by atoms with Crippen LogP contribution in [0.2, 0.25) is 5.02 Å². The van der Waals surface area contributed by atoms with Crippen LogP contribution in [0.25, 0.3) is 0 Å². The molecule has 1 fully saturated rings. The van der Waals surface area contributed by atoms with E-state index in [2.05, 4.69) is 39.0 Å². The average Bonchev–Trinajstić information content (AvgIpc) is 2.62. The van der Waals surface area contributed by atoms with E-state index in [4.69, 9.17) is 11.6 Å². The Balaban J connectivity index is 1.37. The molecule has 1 aromatic heterocycles. The highest BCUT2D eigenvalue weighted by atomic mass is 35.5. The van der Waals surface area contributed by atoms with E-state index in [-0.39, 0.29) is 0 Å². The summed E-state index contributed by atoms with van der Waals surface area (Å²) in [5.74, 6) is 0. The molecular formula is C21H28ClN3. The Morgan fingerprint density at radius 1 is 0.800 bits per heavy atom. The van der Waals surface area contributed by atoms with Gasteiger partial charge in [0, 0.05) is 36.4 Å². The van der Waals surface area contributed by atoms with Gasteiger partial charge in [0.25, 0.3) is 0 Å². The number of rotatable bonds is 6. The molecule has 0 amide bonds. The zero-order valence-corrected chi connectivity index (χ0v) is 15.7. The molecule has 1 aromatic carbocycles.